The van der Waals surface area contributed by atoms with Gasteiger partial charge in [0.05, 0.1) is 11.2 Å². The largest absolute Gasteiger partial charge is 0.494 e. The topological polar surface area (TPSA) is 59.0 Å². The van der Waals surface area contributed by atoms with Crippen LogP contribution >= 0.6 is 0 Å². The molecule has 0 aromatic heterocycles. The number of carboxylic acid groups (broad SMARTS) is 1. The third-order valence-electron chi connectivity index (χ3n) is 4.86. The Balaban J connectivity index is 2.23. The summed E-state index contributed by atoms with van der Waals surface area (Å²) in [5.74, 6) is 0. The lowest BCUT2D eigenvalue weighted by Gasteiger charge is -2.33. The van der Waals surface area contributed by atoms with Crippen molar-refractivity contribution in [1.82, 2.24) is 4.90 Å². The molecule has 132 valence electrons. The molecular weight excluding hydrogens is 305 g/mol. The van der Waals surface area contributed by atoms with Crippen LogP contribution in [0.15, 0.2) is 24.3 Å². The zero-order valence-corrected chi connectivity index (χ0v) is 15.7. The number of hydrogen-bond acceptors (Lipinski definition) is 3. The minimum absolute atomic E-state index is 0.326. The van der Waals surface area contributed by atoms with Crippen molar-refractivity contribution in [3.05, 3.63) is 29.8 Å². The van der Waals surface area contributed by atoms with Crippen molar-refractivity contribution in [2.75, 3.05) is 0 Å². The van der Waals surface area contributed by atoms with Gasteiger partial charge in [0.25, 0.3) is 0 Å². The Morgan fingerprint density at radius 3 is 2.17 bits per heavy atom. The molecule has 1 aliphatic heterocycles. The van der Waals surface area contributed by atoms with Crippen LogP contribution in [-0.2, 0) is 15.9 Å². The van der Waals surface area contributed by atoms with Crippen LogP contribution in [-0.4, -0.2) is 40.0 Å². The summed E-state index contributed by atoms with van der Waals surface area (Å²) in [6, 6.07) is 7.76. The minimum atomic E-state index is -0.927. The van der Waals surface area contributed by atoms with E-state index >= 15 is 0 Å². The van der Waals surface area contributed by atoms with E-state index in [9.17, 15) is 9.90 Å². The average molecular weight is 333 g/mol. The van der Waals surface area contributed by atoms with Crippen LogP contribution in [0.2, 0.25) is 0 Å². The van der Waals surface area contributed by atoms with Crippen molar-refractivity contribution in [1.29, 1.82) is 0 Å². The standard InChI is InChI=1S/C18H28BNO4/c1-16(2,3)20(15(21)22)12-13-9-8-10-14(11-13)19-23-17(4,5)18(6,7)24-19/h8-11H,12H2,1-7H3,(H,21,22). The number of rotatable bonds is 3. The van der Waals surface area contributed by atoms with Gasteiger partial charge in [0.1, 0.15) is 0 Å². The summed E-state index contributed by atoms with van der Waals surface area (Å²) in [6.45, 7) is 14.1. The normalized spacial score (nSPS) is 19.4. The van der Waals surface area contributed by atoms with E-state index in [2.05, 4.69) is 0 Å². The summed E-state index contributed by atoms with van der Waals surface area (Å²) in [4.78, 5) is 13.0. The van der Waals surface area contributed by atoms with E-state index in [0.717, 1.165) is 11.0 Å². The summed E-state index contributed by atoms with van der Waals surface area (Å²) in [5.41, 5.74) is 0.565. The van der Waals surface area contributed by atoms with Crippen molar-refractivity contribution < 1.29 is 19.2 Å². The Bertz CT molecular complexity index is 606. The lowest BCUT2D eigenvalue weighted by Crippen LogP contribution is -2.44. The molecule has 6 heteroatoms. The van der Waals surface area contributed by atoms with Crippen LogP contribution in [0.1, 0.15) is 54.0 Å². The van der Waals surface area contributed by atoms with E-state index in [1.54, 1.807) is 0 Å². The Hall–Kier alpha value is -1.53. The van der Waals surface area contributed by atoms with Crippen LogP contribution in [0.25, 0.3) is 0 Å². The molecule has 0 aliphatic carbocycles. The molecule has 1 amide bonds. The van der Waals surface area contributed by atoms with Crippen molar-refractivity contribution in [2.24, 2.45) is 0 Å². The second kappa shape index (κ2) is 6.08. The van der Waals surface area contributed by atoms with Gasteiger partial charge in [0.2, 0.25) is 0 Å². The zero-order valence-electron chi connectivity index (χ0n) is 15.7. The van der Waals surface area contributed by atoms with Gasteiger partial charge < -0.3 is 14.4 Å². The van der Waals surface area contributed by atoms with Crippen molar-refractivity contribution >= 4 is 18.7 Å². The second-order valence-corrected chi connectivity index (χ2v) is 8.37. The van der Waals surface area contributed by atoms with Gasteiger partial charge in [-0.15, -0.1) is 0 Å². The number of hydrogen-bond donors (Lipinski definition) is 1. The quantitative estimate of drug-likeness (QED) is 0.863. The molecule has 1 aromatic carbocycles. The lowest BCUT2D eigenvalue weighted by molar-refractivity contribution is 0.00578. The van der Waals surface area contributed by atoms with E-state index in [0.29, 0.717) is 6.54 Å². The van der Waals surface area contributed by atoms with Crippen molar-refractivity contribution in [3.8, 4) is 0 Å². The van der Waals surface area contributed by atoms with Crippen molar-refractivity contribution in [3.63, 3.8) is 0 Å². The fraction of sp³-hybridized carbons (Fsp3) is 0.611. The fourth-order valence-electron chi connectivity index (χ4n) is 2.59. The van der Waals surface area contributed by atoms with Gasteiger partial charge in [-0.2, -0.15) is 0 Å². The highest BCUT2D eigenvalue weighted by molar-refractivity contribution is 6.62. The molecule has 1 aliphatic rings. The number of nitrogens with zero attached hydrogens (tertiary/aromatic N) is 1. The van der Waals surface area contributed by atoms with Crippen LogP contribution in [0.3, 0.4) is 0 Å². The molecule has 0 spiro atoms. The maximum Gasteiger partial charge on any atom is 0.494 e. The molecular formula is C18H28BNO4. The Labute approximate surface area is 145 Å². The molecule has 1 N–H and O–H groups in total. The first-order chi connectivity index (χ1) is 10.8. The van der Waals surface area contributed by atoms with Gasteiger partial charge in [-0.25, -0.2) is 4.79 Å². The molecule has 5 nitrogen and oxygen atoms in total. The number of benzene rings is 1. The first-order valence-electron chi connectivity index (χ1n) is 8.28. The molecule has 1 fully saturated rings. The fourth-order valence-corrected chi connectivity index (χ4v) is 2.59. The maximum absolute atomic E-state index is 11.5. The summed E-state index contributed by atoms with van der Waals surface area (Å²) >= 11 is 0. The van der Waals surface area contributed by atoms with E-state index in [1.165, 1.54) is 4.90 Å². The van der Waals surface area contributed by atoms with Crippen LogP contribution in [0, 0.1) is 0 Å². The summed E-state index contributed by atoms with van der Waals surface area (Å²) in [5, 5.41) is 9.46. The predicted molar refractivity (Wildman–Crippen MR) is 95.5 cm³/mol. The summed E-state index contributed by atoms with van der Waals surface area (Å²) in [6.07, 6.45) is -0.927. The second-order valence-electron chi connectivity index (χ2n) is 8.37. The predicted octanol–water partition coefficient (Wildman–Crippen LogP) is 3.26. The molecule has 24 heavy (non-hydrogen) atoms. The van der Waals surface area contributed by atoms with E-state index < -0.39 is 30.0 Å². The molecule has 0 saturated carbocycles. The molecule has 0 unspecified atom stereocenters. The summed E-state index contributed by atoms with van der Waals surface area (Å²) in [7, 11) is -0.442. The molecule has 0 atom stereocenters. The lowest BCUT2D eigenvalue weighted by atomic mass is 9.78. The van der Waals surface area contributed by atoms with Gasteiger partial charge in [0, 0.05) is 12.1 Å². The smallest absolute Gasteiger partial charge is 0.465 e. The van der Waals surface area contributed by atoms with Crippen LogP contribution < -0.4 is 5.46 Å². The minimum Gasteiger partial charge on any atom is -0.465 e. The van der Waals surface area contributed by atoms with Gasteiger partial charge in [-0.05, 0) is 59.5 Å². The Morgan fingerprint density at radius 2 is 1.71 bits per heavy atom. The van der Waals surface area contributed by atoms with Gasteiger partial charge >= 0.3 is 13.2 Å². The molecule has 0 bridgehead atoms. The third-order valence-corrected chi connectivity index (χ3v) is 4.86. The maximum atomic E-state index is 11.5. The molecule has 2 rings (SSSR count). The summed E-state index contributed by atoms with van der Waals surface area (Å²) < 4.78 is 12.1. The van der Waals surface area contributed by atoms with E-state index in [1.807, 2.05) is 72.7 Å². The van der Waals surface area contributed by atoms with Crippen LogP contribution in [0.5, 0.6) is 0 Å². The number of amides is 1. The van der Waals surface area contributed by atoms with Crippen molar-refractivity contribution in [2.45, 2.75) is 71.8 Å². The zero-order chi connectivity index (χ0) is 18.3. The molecule has 1 saturated heterocycles. The first-order valence-corrected chi connectivity index (χ1v) is 8.28. The monoisotopic (exact) mass is 333 g/mol. The molecule has 1 heterocycles. The Morgan fingerprint density at radius 1 is 1.17 bits per heavy atom. The van der Waals surface area contributed by atoms with E-state index in [-0.39, 0.29) is 0 Å². The SMILES string of the molecule is CC(C)(C)N(Cc1cccc(B2OC(C)(C)C(C)(C)O2)c1)C(=O)O. The van der Waals surface area contributed by atoms with Gasteiger partial charge in [0.15, 0.2) is 0 Å². The van der Waals surface area contributed by atoms with Gasteiger partial charge in [-0.1, -0.05) is 24.3 Å². The van der Waals surface area contributed by atoms with E-state index in [4.69, 9.17) is 9.31 Å². The molecule has 0 radical (unpaired) electrons. The highest BCUT2D eigenvalue weighted by atomic mass is 16.7. The Kier molecular flexibility index (Phi) is 4.77. The highest BCUT2D eigenvalue weighted by Gasteiger charge is 2.51. The highest BCUT2D eigenvalue weighted by Crippen LogP contribution is 2.36. The third kappa shape index (κ3) is 3.76. The number of carbonyl (C=O) groups is 1. The molecule has 1 aromatic rings. The van der Waals surface area contributed by atoms with Gasteiger partial charge in [-0.3, -0.25) is 4.90 Å². The first kappa shape index (κ1) is 18.8. The van der Waals surface area contributed by atoms with Crippen LogP contribution in [0.4, 0.5) is 4.79 Å². The average Bonchev–Trinajstić information content (AvgIpc) is 2.64.